The fourth-order valence-corrected chi connectivity index (χ4v) is 16.5. The number of carbonyl (C=O) groups is 19. The van der Waals surface area contributed by atoms with E-state index in [-0.39, 0.29) is 5.60 Å². The summed E-state index contributed by atoms with van der Waals surface area (Å²) in [6, 6.07) is 0. The Morgan fingerprint density at radius 3 is 0.620 bits per heavy atom. The van der Waals surface area contributed by atoms with Crippen LogP contribution in [0.25, 0.3) is 0 Å². The summed E-state index contributed by atoms with van der Waals surface area (Å²) in [5, 5.41) is 8.65. The molecule has 0 aromatic heterocycles. The topological polar surface area (TPSA) is 631 Å². The summed E-state index contributed by atoms with van der Waals surface area (Å²) >= 11 is 0. The molecule has 22 heterocycles. The van der Waals surface area contributed by atoms with Crippen LogP contribution in [-0.2, 0) is 238 Å². The van der Waals surface area contributed by atoms with E-state index in [2.05, 4.69) is 33.8 Å². The standard InChI is InChI=1S/C72H96O48.C19H34O3/c1-25(73)91-19-43-49-55(97-31(7)79)61(103-37(13)85)67(109-43)116-50-44(20-92-26(2)74)111-69(63(105-39(15)87)56(50)98-32(8)80)118-52-46(22-94-28(4)76)113-71(65(107-41(17)89)58(52)100-34(10)82)120-54-48(24-96-30(6)78)114-72(66(108-42(18)90)60(54)102-36(12)84)119-53-47(23-95-29(5)77)112-70(64(106-40(16)88)59(53)101-35(11)83)117-51-45(21-93-27(3)75)110-68(115-49)62(104-38(14)86)57(51)99-33(9)81;1-15(2)14-19(5,22-6)12-8-11-16(3)9-7-10-17(4)13-18(20)21/h43-72H,19-24H2,1-18H3;7,10,13,15-16H,8-9,11-12,14H2,1-6H3,(H,20,21)/b;10-7+,17-13+/t43-,44-,45-,46-,47-,48-,49-,50-,51-,52-,53-,54-,55+,56+,57+,58+,59+,60+,61-,62-,63-,64-,65-,66-,67-,68-,69-,70-,71-,72-;/m1./s1. The highest BCUT2D eigenvalue weighted by molar-refractivity contribution is 5.81. The van der Waals surface area contributed by atoms with Gasteiger partial charge in [0.1, 0.15) is 113 Å². The van der Waals surface area contributed by atoms with Crippen LogP contribution < -0.4 is 0 Å². The number of aliphatic carboxylic acids is 1. The number of allylic oxidation sites excluding steroid dienone is 3. The van der Waals surface area contributed by atoms with Crippen LogP contribution in [-0.4, -0.2) is 355 Å². The van der Waals surface area contributed by atoms with E-state index in [1.165, 1.54) is 12.5 Å². The van der Waals surface area contributed by atoms with Crippen molar-refractivity contribution in [1.29, 1.82) is 0 Å². The number of rotatable bonds is 35. The molecule has 51 nitrogen and oxygen atoms in total. The van der Waals surface area contributed by atoms with Gasteiger partial charge in [-0.2, -0.15) is 0 Å². The number of esters is 18. The molecule has 51 heteroatoms. The molecular weight excluding hydrogens is 1910 g/mol. The van der Waals surface area contributed by atoms with Crippen LogP contribution >= 0.6 is 0 Å². The first-order chi connectivity index (χ1) is 66.5. The molecule has 0 radical (unpaired) electrons. The van der Waals surface area contributed by atoms with Gasteiger partial charge in [-0.25, -0.2) is 4.79 Å². The predicted molar refractivity (Wildman–Crippen MR) is 461 cm³/mol. The average Bonchev–Trinajstić information content (AvgIpc) is 0.751. The molecule has 22 aliphatic rings. The van der Waals surface area contributed by atoms with Crippen molar-refractivity contribution < 1.29 is 243 Å². The molecule has 22 saturated heterocycles. The molecule has 0 aliphatic carbocycles. The number of carbonyl (C=O) groups excluding carboxylic acids is 18. The lowest BCUT2D eigenvalue weighted by Gasteiger charge is -2.52. The third-order valence-corrected chi connectivity index (χ3v) is 21.6. The molecule has 142 heavy (non-hydrogen) atoms. The zero-order chi connectivity index (χ0) is 106. The van der Waals surface area contributed by atoms with Gasteiger partial charge in [0, 0.05) is 138 Å². The predicted octanol–water partition coefficient (Wildman–Crippen LogP) is 2.44. The molecule has 12 bridgehead atoms. The second-order valence-corrected chi connectivity index (χ2v) is 34.7. The van der Waals surface area contributed by atoms with Crippen LogP contribution in [0.1, 0.15) is 191 Å². The van der Waals surface area contributed by atoms with Crippen molar-refractivity contribution in [3.05, 3.63) is 23.8 Å². The first-order valence-corrected chi connectivity index (χ1v) is 45.3. The second-order valence-electron chi connectivity index (χ2n) is 34.7. The zero-order valence-electron chi connectivity index (χ0n) is 83.3. The monoisotopic (exact) mass is 2040 g/mol. The Hall–Kier alpha value is -11.1. The molecule has 0 amide bonds. The molecular formula is C91H130O51. The normalized spacial score (nSPS) is 31.9. The first-order valence-electron chi connectivity index (χ1n) is 45.3. The lowest BCUT2D eigenvalue weighted by atomic mass is 9.87. The van der Waals surface area contributed by atoms with E-state index in [4.69, 9.17) is 152 Å². The molecule has 22 fully saturated rings. The van der Waals surface area contributed by atoms with Crippen LogP contribution in [0.5, 0.6) is 0 Å². The third-order valence-electron chi connectivity index (χ3n) is 21.6. The van der Waals surface area contributed by atoms with Crippen molar-refractivity contribution in [2.24, 2.45) is 11.8 Å². The van der Waals surface area contributed by atoms with Crippen LogP contribution in [0.2, 0.25) is 0 Å². The van der Waals surface area contributed by atoms with Crippen LogP contribution in [0.3, 0.4) is 0 Å². The first kappa shape index (κ1) is 120. The fourth-order valence-electron chi connectivity index (χ4n) is 16.5. The minimum Gasteiger partial charge on any atom is -0.478 e. The van der Waals surface area contributed by atoms with Crippen molar-refractivity contribution in [2.75, 3.05) is 46.8 Å². The van der Waals surface area contributed by atoms with E-state index in [0.29, 0.717) is 11.8 Å². The molecule has 0 aromatic carbocycles. The Morgan fingerprint density at radius 2 is 0.465 bits per heavy atom. The van der Waals surface area contributed by atoms with Gasteiger partial charge in [0.25, 0.3) is 0 Å². The minimum atomic E-state index is -2.39. The molecule has 2 unspecified atom stereocenters. The summed E-state index contributed by atoms with van der Waals surface area (Å²) in [5.41, 5.74) is 0.772. The highest BCUT2D eigenvalue weighted by Gasteiger charge is 2.65. The number of carboxylic acid groups (broad SMARTS) is 1. The number of carboxylic acids is 1. The highest BCUT2D eigenvalue weighted by atomic mass is 16.8. The van der Waals surface area contributed by atoms with Crippen molar-refractivity contribution in [2.45, 2.75) is 381 Å². The Balaban J connectivity index is 0.00000124. The van der Waals surface area contributed by atoms with Gasteiger partial charge in [-0.05, 0) is 50.5 Å². The van der Waals surface area contributed by atoms with Crippen molar-refractivity contribution >= 4 is 113 Å². The third kappa shape index (κ3) is 37.9. The van der Waals surface area contributed by atoms with Gasteiger partial charge in [0.2, 0.25) is 0 Å². The van der Waals surface area contributed by atoms with Crippen LogP contribution in [0, 0.1) is 11.8 Å². The summed E-state index contributed by atoms with van der Waals surface area (Å²) in [4.78, 5) is 253. The van der Waals surface area contributed by atoms with E-state index in [1.807, 2.05) is 20.1 Å². The quantitative estimate of drug-likeness (QED) is 0.0412. The lowest BCUT2D eigenvalue weighted by molar-refractivity contribution is -0.404. The SMILES string of the molecule is CC(=O)OC[C@H]1O[C@@H]2O[C@H]3[C@H](OC(C)=O)[C@@H](OC(C)=O)[C@@H](O[C@H]4[C@H](OC(C)=O)[C@@H](OC(C)=O)[C@@H](O[C@H]5[C@H](OC(C)=O)[C@@H](OC(C)=O)[C@@H](O[C@H]6[C@H](OC(C)=O)[C@@H](OC(C)=O)[C@@H](O[C@H]7[C@H](OC(C)=O)[C@@H](OC(C)=O)[C@@H](O[C@H]1[C@H](OC(C)=O)[C@H]2OC(C)=O)O[C@@H]7COC(C)=O)O[C@@H]6COC(C)=O)O[C@@H]5COC(C)=O)O[C@@H]4COC(C)=O)O[C@@H]3COC(C)=O.COC(C)(CCCC(C)C/C=C/C(C)=C/C(=O)O)CC(C)C. The van der Waals surface area contributed by atoms with Crippen LogP contribution in [0.15, 0.2) is 23.8 Å². The summed E-state index contributed by atoms with van der Waals surface area (Å²) in [7, 11) is 1.81. The van der Waals surface area contributed by atoms with E-state index < -0.39 is 337 Å². The molecule has 0 saturated carbocycles. The van der Waals surface area contributed by atoms with Gasteiger partial charge in [-0.15, -0.1) is 0 Å². The van der Waals surface area contributed by atoms with E-state index >= 15 is 0 Å². The molecule has 22 aliphatic heterocycles. The van der Waals surface area contributed by atoms with Crippen molar-refractivity contribution in [3.8, 4) is 0 Å². The molecule has 32 atom stereocenters. The average molecular weight is 2040 g/mol. The molecule has 0 aromatic rings. The van der Waals surface area contributed by atoms with E-state index in [1.54, 1.807) is 0 Å². The van der Waals surface area contributed by atoms with Gasteiger partial charge < -0.3 is 152 Å². The fraction of sp³-hybridized carbons (Fsp3) is 0.747. The molecule has 800 valence electrons. The largest absolute Gasteiger partial charge is 0.478 e. The molecule has 1 N–H and O–H groups in total. The van der Waals surface area contributed by atoms with Gasteiger partial charge in [-0.3, -0.25) is 86.3 Å². The summed E-state index contributed by atoms with van der Waals surface area (Å²) < 4.78 is 188. The smallest absolute Gasteiger partial charge is 0.328 e. The zero-order valence-corrected chi connectivity index (χ0v) is 83.3. The van der Waals surface area contributed by atoms with Crippen molar-refractivity contribution in [3.63, 3.8) is 0 Å². The maximum atomic E-state index is 13.8. The highest BCUT2D eigenvalue weighted by Crippen LogP contribution is 2.45. The Bertz CT molecular complexity index is 3820. The number of hydrogen-bond acceptors (Lipinski definition) is 50. The summed E-state index contributed by atoms with van der Waals surface area (Å²) in [5.74, 6) is -21.1. The molecule has 0 spiro atoms. The number of methoxy groups -OCH3 is 1. The molecule has 22 rings (SSSR count). The second kappa shape index (κ2) is 56.2. The maximum absolute atomic E-state index is 13.8. The number of ether oxygens (including phenoxy) is 31. The Morgan fingerprint density at radius 1 is 0.282 bits per heavy atom. The van der Waals surface area contributed by atoms with E-state index in [9.17, 15) is 91.1 Å². The van der Waals surface area contributed by atoms with Crippen LogP contribution in [0.4, 0.5) is 0 Å². The van der Waals surface area contributed by atoms with Gasteiger partial charge in [0.15, 0.2) is 111 Å². The van der Waals surface area contributed by atoms with Gasteiger partial charge >= 0.3 is 113 Å². The van der Waals surface area contributed by atoms with E-state index in [0.717, 1.165) is 156 Å². The van der Waals surface area contributed by atoms with Gasteiger partial charge in [0.05, 0.1) is 5.60 Å². The maximum Gasteiger partial charge on any atom is 0.328 e. The Kier molecular flexibility index (Phi) is 47.4. The van der Waals surface area contributed by atoms with Crippen molar-refractivity contribution in [1.82, 2.24) is 0 Å². The van der Waals surface area contributed by atoms with Gasteiger partial charge in [-0.1, -0.05) is 45.8 Å². The number of hydrogen-bond donors (Lipinski definition) is 1. The summed E-state index contributed by atoms with van der Waals surface area (Å²) in [6.45, 7) is 19.9. The minimum absolute atomic E-state index is 0.00939. The lowest BCUT2D eigenvalue weighted by Crippen LogP contribution is -2.71. The summed E-state index contributed by atoms with van der Waals surface area (Å²) in [6.07, 6.45) is -56.6. The Labute approximate surface area is 817 Å².